The van der Waals surface area contributed by atoms with Crippen molar-refractivity contribution >= 4 is 41.1 Å². The van der Waals surface area contributed by atoms with Crippen molar-refractivity contribution in [2.24, 2.45) is 0 Å². The number of nitrogens with zero attached hydrogens (tertiary/aromatic N) is 3. The molecule has 6 nitrogen and oxygen atoms in total. The first kappa shape index (κ1) is 19.9. The van der Waals surface area contributed by atoms with Gasteiger partial charge in [-0.1, -0.05) is 47.5 Å². The summed E-state index contributed by atoms with van der Waals surface area (Å²) in [6.07, 6.45) is 4.65. The maximum atomic E-state index is 12.8. The third-order valence-electron chi connectivity index (χ3n) is 4.21. The zero-order valence-electron chi connectivity index (χ0n) is 15.6. The second-order valence-electron chi connectivity index (χ2n) is 6.35. The Hall–Kier alpha value is -3.35. The molecule has 0 aliphatic carbocycles. The van der Waals surface area contributed by atoms with Crippen LogP contribution in [0.1, 0.15) is 15.9 Å². The highest BCUT2D eigenvalue weighted by Gasteiger charge is 2.17. The van der Waals surface area contributed by atoms with Crippen molar-refractivity contribution < 1.29 is 9.21 Å². The fraction of sp³-hybridized carbons (Fsp3) is 0.0455. The van der Waals surface area contributed by atoms with Gasteiger partial charge in [0.15, 0.2) is 5.76 Å². The van der Waals surface area contributed by atoms with E-state index in [4.69, 9.17) is 27.6 Å². The molecule has 30 heavy (non-hydrogen) atoms. The molecule has 2 aromatic heterocycles. The van der Waals surface area contributed by atoms with Crippen molar-refractivity contribution in [1.82, 2.24) is 14.8 Å². The van der Waals surface area contributed by atoms with Gasteiger partial charge in [-0.2, -0.15) is 9.67 Å². The molecule has 8 heteroatoms. The number of nitrogens with one attached hydrogen (secondary N) is 1. The molecular formula is C22H16Cl2N4O2. The molecule has 0 aliphatic rings. The van der Waals surface area contributed by atoms with Crippen molar-refractivity contribution in [2.45, 2.75) is 6.54 Å². The second kappa shape index (κ2) is 8.98. The molecule has 0 bridgehead atoms. The van der Waals surface area contributed by atoms with Gasteiger partial charge in [-0.05, 0) is 53.6 Å². The Labute approximate surface area is 182 Å². The number of allylic oxidation sites excluding steroid dienone is 1. The van der Waals surface area contributed by atoms with Crippen LogP contribution in [0.5, 0.6) is 0 Å². The molecule has 0 saturated carbocycles. The number of anilines is 1. The van der Waals surface area contributed by atoms with Gasteiger partial charge in [0.1, 0.15) is 0 Å². The molecule has 0 atom stereocenters. The van der Waals surface area contributed by atoms with E-state index in [2.05, 4.69) is 15.4 Å². The first-order valence-corrected chi connectivity index (χ1v) is 9.81. The van der Waals surface area contributed by atoms with Gasteiger partial charge in [0.05, 0.1) is 6.26 Å². The number of carbonyl (C=O) groups excluding carboxylic acids is 1. The van der Waals surface area contributed by atoms with Gasteiger partial charge >= 0.3 is 0 Å². The number of hydrogen-bond acceptors (Lipinski definition) is 5. The summed E-state index contributed by atoms with van der Waals surface area (Å²) >= 11 is 11.8. The van der Waals surface area contributed by atoms with Gasteiger partial charge in [-0.15, -0.1) is 5.10 Å². The van der Waals surface area contributed by atoms with Gasteiger partial charge in [0.2, 0.25) is 11.8 Å². The Bertz CT molecular complexity index is 1170. The minimum absolute atomic E-state index is 0.308. The van der Waals surface area contributed by atoms with Crippen LogP contribution in [-0.2, 0) is 6.54 Å². The van der Waals surface area contributed by atoms with E-state index < -0.39 is 0 Å². The number of halogens is 2. The molecule has 2 heterocycles. The largest absolute Gasteiger partial charge is 0.461 e. The Morgan fingerprint density at radius 3 is 2.40 bits per heavy atom. The highest BCUT2D eigenvalue weighted by molar-refractivity contribution is 6.30. The summed E-state index contributed by atoms with van der Waals surface area (Å²) < 4.78 is 6.57. The molecule has 1 N–H and O–H groups in total. The number of furan rings is 1. The van der Waals surface area contributed by atoms with Crippen LogP contribution in [0, 0.1) is 0 Å². The van der Waals surface area contributed by atoms with Crippen LogP contribution < -0.4 is 5.32 Å². The van der Waals surface area contributed by atoms with E-state index in [1.54, 1.807) is 42.5 Å². The van der Waals surface area contributed by atoms with Crippen molar-refractivity contribution in [3.05, 3.63) is 94.2 Å². The molecule has 2 aromatic carbocycles. The first-order chi connectivity index (χ1) is 14.6. The zero-order chi connectivity index (χ0) is 20.9. The number of rotatable bonds is 6. The Balaban J connectivity index is 1.58. The van der Waals surface area contributed by atoms with Crippen molar-refractivity contribution in [3.8, 4) is 11.6 Å². The first-order valence-electron chi connectivity index (χ1n) is 9.06. The second-order valence-corrected chi connectivity index (χ2v) is 7.22. The van der Waals surface area contributed by atoms with Crippen molar-refractivity contribution in [1.29, 1.82) is 0 Å². The standard InChI is InChI=1S/C22H16Cl2N4O2/c23-17-8-3-15(4-9-17)7-12-20(29)28-22(25-14-16-5-10-18(24)11-6-16)26-21(27-28)19-2-1-13-30-19/h1-13H,14H2,(H,25,26,27). The van der Waals surface area contributed by atoms with Gasteiger partial charge in [-0.25, -0.2) is 0 Å². The van der Waals surface area contributed by atoms with Crippen molar-refractivity contribution in [3.63, 3.8) is 0 Å². The number of hydrogen-bond donors (Lipinski definition) is 1. The lowest BCUT2D eigenvalue weighted by atomic mass is 10.2. The lowest BCUT2D eigenvalue weighted by Gasteiger charge is -2.06. The van der Waals surface area contributed by atoms with Crippen molar-refractivity contribution in [2.75, 3.05) is 5.32 Å². The van der Waals surface area contributed by atoms with Gasteiger partial charge in [-0.3, -0.25) is 4.79 Å². The average molecular weight is 439 g/mol. The predicted molar refractivity (Wildman–Crippen MR) is 118 cm³/mol. The van der Waals surface area contributed by atoms with E-state index in [9.17, 15) is 4.79 Å². The summed E-state index contributed by atoms with van der Waals surface area (Å²) in [5.41, 5.74) is 1.83. The van der Waals surface area contributed by atoms with E-state index in [1.807, 2.05) is 24.3 Å². The fourth-order valence-corrected chi connectivity index (χ4v) is 2.94. The monoisotopic (exact) mass is 438 g/mol. The van der Waals surface area contributed by atoms with Crippen LogP contribution in [0.2, 0.25) is 10.0 Å². The normalized spacial score (nSPS) is 11.1. The maximum Gasteiger partial charge on any atom is 0.274 e. The topological polar surface area (TPSA) is 73.0 Å². The van der Waals surface area contributed by atoms with Crippen LogP contribution >= 0.6 is 23.2 Å². The summed E-state index contributed by atoms with van der Waals surface area (Å²) in [5.74, 6) is 0.737. The van der Waals surface area contributed by atoms with Gasteiger partial charge < -0.3 is 9.73 Å². The van der Waals surface area contributed by atoms with Gasteiger partial charge in [0, 0.05) is 22.7 Å². The lowest BCUT2D eigenvalue weighted by Crippen LogP contribution is -2.14. The minimum Gasteiger partial charge on any atom is -0.461 e. The van der Waals surface area contributed by atoms with Crippen LogP contribution in [0.4, 0.5) is 5.95 Å². The Kier molecular flexibility index (Phi) is 5.97. The van der Waals surface area contributed by atoms with E-state index in [0.29, 0.717) is 34.1 Å². The van der Waals surface area contributed by atoms with Gasteiger partial charge in [0.25, 0.3) is 5.91 Å². The summed E-state index contributed by atoms with van der Waals surface area (Å²) in [5, 5.41) is 8.75. The average Bonchev–Trinajstić information content (AvgIpc) is 3.43. The minimum atomic E-state index is -0.353. The number of aromatic nitrogens is 3. The molecule has 4 aromatic rings. The molecule has 4 rings (SSSR count). The van der Waals surface area contributed by atoms with Crippen LogP contribution in [-0.4, -0.2) is 20.7 Å². The summed E-state index contributed by atoms with van der Waals surface area (Å²) in [6, 6.07) is 18.0. The predicted octanol–water partition coefficient (Wildman–Crippen LogP) is 5.81. The highest BCUT2D eigenvalue weighted by Crippen LogP contribution is 2.19. The van der Waals surface area contributed by atoms with E-state index >= 15 is 0 Å². The molecule has 0 amide bonds. The molecular weight excluding hydrogens is 423 g/mol. The molecule has 0 unspecified atom stereocenters. The SMILES string of the molecule is O=C(C=Cc1ccc(Cl)cc1)n1nc(-c2ccco2)nc1NCc1ccc(Cl)cc1. The zero-order valence-corrected chi connectivity index (χ0v) is 17.1. The third-order valence-corrected chi connectivity index (χ3v) is 4.71. The molecule has 150 valence electrons. The smallest absolute Gasteiger partial charge is 0.274 e. The van der Waals surface area contributed by atoms with E-state index in [-0.39, 0.29) is 5.91 Å². The fourth-order valence-electron chi connectivity index (χ4n) is 2.69. The van der Waals surface area contributed by atoms with Crippen LogP contribution in [0.15, 0.2) is 77.4 Å². The van der Waals surface area contributed by atoms with Crippen LogP contribution in [0.25, 0.3) is 17.7 Å². The molecule has 0 fully saturated rings. The molecule has 0 aliphatic heterocycles. The van der Waals surface area contributed by atoms with Crippen LogP contribution in [0.3, 0.4) is 0 Å². The quantitative estimate of drug-likeness (QED) is 0.384. The molecule has 0 spiro atoms. The van der Waals surface area contributed by atoms with E-state index in [0.717, 1.165) is 11.1 Å². The third kappa shape index (κ3) is 4.79. The molecule has 0 radical (unpaired) electrons. The Morgan fingerprint density at radius 1 is 1.03 bits per heavy atom. The maximum absolute atomic E-state index is 12.8. The highest BCUT2D eigenvalue weighted by atomic mass is 35.5. The molecule has 0 saturated heterocycles. The number of benzene rings is 2. The summed E-state index contributed by atoms with van der Waals surface area (Å²) in [7, 11) is 0. The number of carbonyl (C=O) groups is 1. The van der Waals surface area contributed by atoms with E-state index in [1.165, 1.54) is 17.0 Å². The summed E-state index contributed by atoms with van der Waals surface area (Å²) in [6.45, 7) is 0.446. The lowest BCUT2D eigenvalue weighted by molar-refractivity contribution is 0.0957. The Morgan fingerprint density at radius 2 is 1.73 bits per heavy atom. The summed E-state index contributed by atoms with van der Waals surface area (Å²) in [4.78, 5) is 17.2.